The molecule has 0 radical (unpaired) electrons. The first-order valence-corrected chi connectivity index (χ1v) is 7.82. The Labute approximate surface area is 144 Å². The van der Waals surface area contributed by atoms with Crippen LogP contribution in [0.2, 0.25) is 0 Å². The van der Waals surface area contributed by atoms with E-state index < -0.39 is 6.04 Å². The number of nitrogens with zero attached hydrogens (tertiary/aromatic N) is 3. The van der Waals surface area contributed by atoms with E-state index in [-0.39, 0.29) is 19.3 Å². The number of hydrogen-bond acceptors (Lipinski definition) is 8. The highest BCUT2D eigenvalue weighted by atomic mass is 16.7. The SMILES string of the molecule is Cc1nonc1OCCNC(=O)C(c1ccc2c(c1)OCO2)N(C)C. The molecule has 9 heteroatoms. The number of aryl methyl sites for hydroxylation is 1. The normalized spacial score (nSPS) is 13.8. The summed E-state index contributed by atoms with van der Waals surface area (Å²) in [6, 6.07) is 5.04. The molecule has 1 unspecified atom stereocenters. The predicted octanol–water partition coefficient (Wildman–Crippen LogP) is 0.905. The minimum atomic E-state index is -0.454. The van der Waals surface area contributed by atoms with Crippen molar-refractivity contribution in [3.05, 3.63) is 29.5 Å². The van der Waals surface area contributed by atoms with Crippen LogP contribution in [-0.2, 0) is 4.79 Å². The fraction of sp³-hybridized carbons (Fsp3) is 0.438. The van der Waals surface area contributed by atoms with Gasteiger partial charge < -0.3 is 19.5 Å². The van der Waals surface area contributed by atoms with Crippen molar-refractivity contribution in [3.63, 3.8) is 0 Å². The van der Waals surface area contributed by atoms with Gasteiger partial charge in [-0.2, -0.15) is 0 Å². The zero-order chi connectivity index (χ0) is 17.8. The van der Waals surface area contributed by atoms with Gasteiger partial charge in [0.15, 0.2) is 11.5 Å². The van der Waals surface area contributed by atoms with E-state index >= 15 is 0 Å². The number of likely N-dealkylation sites (N-methyl/N-ethyl adjacent to an activating group) is 1. The number of carbonyl (C=O) groups excluding carboxylic acids is 1. The monoisotopic (exact) mass is 348 g/mol. The Balaban J connectivity index is 1.58. The van der Waals surface area contributed by atoms with Crippen LogP contribution in [0.5, 0.6) is 17.4 Å². The van der Waals surface area contributed by atoms with E-state index in [4.69, 9.17) is 14.2 Å². The molecule has 0 bridgehead atoms. The number of aromatic nitrogens is 2. The van der Waals surface area contributed by atoms with Crippen molar-refractivity contribution in [2.75, 3.05) is 34.0 Å². The van der Waals surface area contributed by atoms with E-state index in [2.05, 4.69) is 20.3 Å². The Morgan fingerprint density at radius 3 is 2.84 bits per heavy atom. The zero-order valence-corrected chi connectivity index (χ0v) is 14.3. The van der Waals surface area contributed by atoms with Crippen LogP contribution in [0.4, 0.5) is 0 Å². The predicted molar refractivity (Wildman–Crippen MR) is 86.5 cm³/mol. The standard InChI is InChI=1S/C16H20N4O5/c1-10-16(19-25-18-10)22-7-6-17-15(21)14(20(2)3)11-4-5-12-13(8-11)24-9-23-12/h4-5,8,14H,6-7,9H2,1-3H3,(H,17,21). The average Bonchev–Trinajstić information content (AvgIpc) is 3.20. The molecule has 1 N–H and O–H groups in total. The molecule has 0 spiro atoms. The molecule has 1 aromatic carbocycles. The number of carbonyl (C=O) groups is 1. The number of hydrogen-bond donors (Lipinski definition) is 1. The molecule has 2 heterocycles. The van der Waals surface area contributed by atoms with E-state index in [9.17, 15) is 4.79 Å². The largest absolute Gasteiger partial charge is 0.472 e. The molecule has 0 saturated heterocycles. The first-order chi connectivity index (χ1) is 12.1. The van der Waals surface area contributed by atoms with Crippen LogP contribution >= 0.6 is 0 Å². The van der Waals surface area contributed by atoms with Gasteiger partial charge in [-0.05, 0) is 43.9 Å². The summed E-state index contributed by atoms with van der Waals surface area (Å²) >= 11 is 0. The van der Waals surface area contributed by atoms with Gasteiger partial charge in [0.25, 0.3) is 5.88 Å². The minimum Gasteiger partial charge on any atom is -0.472 e. The van der Waals surface area contributed by atoms with Gasteiger partial charge >= 0.3 is 0 Å². The lowest BCUT2D eigenvalue weighted by molar-refractivity contribution is -0.125. The number of fused-ring (bicyclic) bond motifs is 1. The van der Waals surface area contributed by atoms with Crippen molar-refractivity contribution in [1.29, 1.82) is 0 Å². The Bertz CT molecular complexity index is 746. The van der Waals surface area contributed by atoms with Crippen molar-refractivity contribution >= 4 is 5.91 Å². The molecule has 0 saturated carbocycles. The fourth-order valence-corrected chi connectivity index (χ4v) is 2.54. The Morgan fingerprint density at radius 1 is 1.32 bits per heavy atom. The Morgan fingerprint density at radius 2 is 2.12 bits per heavy atom. The van der Waals surface area contributed by atoms with Crippen LogP contribution in [0.3, 0.4) is 0 Å². The number of amides is 1. The molecule has 0 aliphatic carbocycles. The summed E-state index contributed by atoms with van der Waals surface area (Å²) < 4.78 is 20.6. The quantitative estimate of drug-likeness (QED) is 0.737. The molecular weight excluding hydrogens is 328 g/mol. The van der Waals surface area contributed by atoms with Crippen molar-refractivity contribution in [3.8, 4) is 17.4 Å². The van der Waals surface area contributed by atoms with Crippen LogP contribution < -0.4 is 19.5 Å². The van der Waals surface area contributed by atoms with Gasteiger partial charge in [0.2, 0.25) is 12.7 Å². The third-order valence-corrected chi connectivity index (χ3v) is 3.73. The second-order valence-corrected chi connectivity index (χ2v) is 5.77. The molecule has 3 rings (SSSR count). The highest BCUT2D eigenvalue weighted by molar-refractivity contribution is 5.83. The van der Waals surface area contributed by atoms with E-state index in [1.165, 1.54) is 0 Å². The fourth-order valence-electron chi connectivity index (χ4n) is 2.54. The molecule has 134 valence electrons. The first kappa shape index (κ1) is 17.0. The minimum absolute atomic E-state index is 0.137. The summed E-state index contributed by atoms with van der Waals surface area (Å²) in [5.74, 6) is 1.53. The van der Waals surface area contributed by atoms with Crippen LogP contribution in [0.15, 0.2) is 22.8 Å². The molecule has 1 aliphatic rings. The summed E-state index contributed by atoms with van der Waals surface area (Å²) in [5.41, 5.74) is 1.39. The molecular formula is C16H20N4O5. The Hall–Kier alpha value is -2.81. The maximum absolute atomic E-state index is 12.6. The molecule has 1 atom stereocenters. The molecule has 1 amide bonds. The van der Waals surface area contributed by atoms with Gasteiger partial charge in [-0.25, -0.2) is 4.63 Å². The van der Waals surface area contributed by atoms with E-state index in [0.29, 0.717) is 29.6 Å². The van der Waals surface area contributed by atoms with Crippen LogP contribution in [0.25, 0.3) is 0 Å². The van der Waals surface area contributed by atoms with Gasteiger partial charge in [0.1, 0.15) is 18.3 Å². The maximum Gasteiger partial charge on any atom is 0.278 e. The molecule has 25 heavy (non-hydrogen) atoms. The van der Waals surface area contributed by atoms with Crippen LogP contribution in [-0.4, -0.2) is 55.2 Å². The third-order valence-electron chi connectivity index (χ3n) is 3.73. The lowest BCUT2D eigenvalue weighted by atomic mass is 10.0. The van der Waals surface area contributed by atoms with Crippen LogP contribution in [0.1, 0.15) is 17.3 Å². The average molecular weight is 348 g/mol. The summed E-state index contributed by atoms with van der Waals surface area (Å²) in [5, 5.41) is 10.1. The first-order valence-electron chi connectivity index (χ1n) is 7.82. The van der Waals surface area contributed by atoms with Gasteiger partial charge in [0.05, 0.1) is 6.54 Å². The van der Waals surface area contributed by atoms with E-state index in [1.807, 2.05) is 37.2 Å². The summed E-state index contributed by atoms with van der Waals surface area (Å²) in [4.78, 5) is 14.4. The molecule has 1 aliphatic heterocycles. The van der Waals surface area contributed by atoms with Gasteiger partial charge in [-0.1, -0.05) is 11.2 Å². The van der Waals surface area contributed by atoms with Crippen molar-refractivity contribution in [2.24, 2.45) is 0 Å². The van der Waals surface area contributed by atoms with Gasteiger partial charge in [0, 0.05) is 0 Å². The lowest BCUT2D eigenvalue weighted by Gasteiger charge is -2.24. The summed E-state index contributed by atoms with van der Waals surface area (Å²) in [6.45, 7) is 2.53. The second kappa shape index (κ2) is 7.39. The number of nitrogens with one attached hydrogen (secondary N) is 1. The summed E-state index contributed by atoms with van der Waals surface area (Å²) in [7, 11) is 3.69. The highest BCUT2D eigenvalue weighted by Gasteiger charge is 2.25. The maximum atomic E-state index is 12.6. The van der Waals surface area contributed by atoms with Crippen molar-refractivity contribution in [2.45, 2.75) is 13.0 Å². The van der Waals surface area contributed by atoms with Crippen molar-refractivity contribution in [1.82, 2.24) is 20.5 Å². The Kier molecular flexibility index (Phi) is 5.03. The number of benzene rings is 1. The molecule has 2 aromatic rings. The van der Waals surface area contributed by atoms with Crippen LogP contribution in [0, 0.1) is 6.92 Å². The lowest BCUT2D eigenvalue weighted by Crippen LogP contribution is -2.38. The topological polar surface area (TPSA) is 99.0 Å². The molecule has 9 nitrogen and oxygen atoms in total. The smallest absolute Gasteiger partial charge is 0.278 e. The molecule has 0 fully saturated rings. The zero-order valence-electron chi connectivity index (χ0n) is 14.3. The van der Waals surface area contributed by atoms with Crippen molar-refractivity contribution < 1.29 is 23.6 Å². The second-order valence-electron chi connectivity index (χ2n) is 5.77. The number of ether oxygens (including phenoxy) is 3. The third kappa shape index (κ3) is 3.82. The van der Waals surface area contributed by atoms with E-state index in [0.717, 1.165) is 5.56 Å². The molecule has 1 aromatic heterocycles. The van der Waals surface area contributed by atoms with Gasteiger partial charge in [-0.15, -0.1) is 0 Å². The van der Waals surface area contributed by atoms with Gasteiger partial charge in [-0.3, -0.25) is 9.69 Å². The highest BCUT2D eigenvalue weighted by Crippen LogP contribution is 2.35. The summed E-state index contributed by atoms with van der Waals surface area (Å²) in [6.07, 6.45) is 0. The van der Waals surface area contributed by atoms with E-state index in [1.54, 1.807) is 6.92 Å². The number of rotatable bonds is 7.